The van der Waals surface area contributed by atoms with Gasteiger partial charge >= 0.3 is 0 Å². The van der Waals surface area contributed by atoms with Crippen LogP contribution in [-0.4, -0.2) is 15.1 Å². The molecule has 22 heavy (non-hydrogen) atoms. The van der Waals surface area contributed by atoms with Crippen LogP contribution in [0, 0.1) is 0 Å². The third-order valence-corrected chi connectivity index (χ3v) is 4.35. The zero-order valence-electron chi connectivity index (χ0n) is 11.6. The third-order valence-electron chi connectivity index (χ3n) is 3.54. The first-order valence-electron chi connectivity index (χ1n) is 6.95. The van der Waals surface area contributed by atoms with Crippen molar-refractivity contribution in [1.29, 1.82) is 0 Å². The quantitative estimate of drug-likeness (QED) is 0.548. The molecule has 0 saturated carbocycles. The molecular weight excluding hydrogens is 292 g/mol. The molecule has 0 radical (unpaired) electrons. The lowest BCUT2D eigenvalue weighted by atomic mass is 10.1. The largest absolute Gasteiger partial charge is 0.333 e. The Morgan fingerprint density at radius 1 is 0.909 bits per heavy atom. The van der Waals surface area contributed by atoms with E-state index < -0.39 is 0 Å². The van der Waals surface area contributed by atoms with E-state index in [1.165, 1.54) is 0 Å². The first-order chi connectivity index (χ1) is 10.8. The van der Waals surface area contributed by atoms with Gasteiger partial charge in [0, 0.05) is 5.56 Å². The van der Waals surface area contributed by atoms with Crippen molar-refractivity contribution in [2.24, 2.45) is 0 Å². The Morgan fingerprint density at radius 2 is 1.68 bits per heavy atom. The maximum atomic E-state index is 12.4. The third kappa shape index (κ3) is 2.38. The fourth-order valence-corrected chi connectivity index (χ4v) is 3.17. The monoisotopic (exact) mass is 304 g/mol. The summed E-state index contributed by atoms with van der Waals surface area (Å²) in [4.78, 5) is 20.0. The predicted octanol–water partition coefficient (Wildman–Crippen LogP) is 4.65. The van der Waals surface area contributed by atoms with E-state index in [9.17, 15) is 4.79 Å². The number of H-pyrrole nitrogens is 1. The second-order valence-electron chi connectivity index (χ2n) is 5.01. The maximum Gasteiger partial charge on any atom is 0.227 e. The molecule has 106 valence electrons. The molecule has 0 unspecified atom stereocenters. The topological polar surface area (TPSA) is 45.8 Å². The first-order valence-corrected chi connectivity index (χ1v) is 7.77. The lowest BCUT2D eigenvalue weighted by molar-refractivity contribution is 0.108. The minimum absolute atomic E-state index is 0.00944. The minimum Gasteiger partial charge on any atom is -0.333 e. The molecule has 3 nitrogen and oxygen atoms in total. The normalized spacial score (nSPS) is 11.1. The second kappa shape index (κ2) is 5.31. The molecule has 0 aliphatic heterocycles. The first kappa shape index (κ1) is 13.1. The number of fused-ring (bicyclic) bond motifs is 2. The van der Waals surface area contributed by atoms with Crippen LogP contribution in [-0.2, 0) is 0 Å². The Bertz CT molecular complexity index is 957. The highest BCUT2D eigenvalue weighted by Crippen LogP contribution is 2.25. The van der Waals surface area contributed by atoms with Crippen LogP contribution in [0.5, 0.6) is 0 Å². The average molecular weight is 304 g/mol. The summed E-state index contributed by atoms with van der Waals surface area (Å²) in [6.07, 6.45) is 0. The molecule has 0 bridgehead atoms. The van der Waals surface area contributed by atoms with Crippen molar-refractivity contribution in [1.82, 2.24) is 9.97 Å². The van der Waals surface area contributed by atoms with Crippen molar-refractivity contribution in [3.8, 4) is 0 Å². The molecule has 3 aromatic carbocycles. The average Bonchev–Trinajstić information content (AvgIpc) is 2.96. The van der Waals surface area contributed by atoms with Gasteiger partial charge in [-0.25, -0.2) is 4.98 Å². The number of carbonyl (C=O) groups is 1. The van der Waals surface area contributed by atoms with Crippen molar-refractivity contribution < 1.29 is 4.79 Å². The molecule has 0 fully saturated rings. The van der Waals surface area contributed by atoms with Crippen LogP contribution in [0.25, 0.3) is 21.8 Å². The number of rotatable bonds is 2. The van der Waals surface area contributed by atoms with Gasteiger partial charge in [-0.15, -0.1) is 0 Å². The van der Waals surface area contributed by atoms with E-state index in [1.807, 2.05) is 66.7 Å². The number of thioether (sulfide) groups is 1. The lowest BCUT2D eigenvalue weighted by Crippen LogP contribution is -1.93. The van der Waals surface area contributed by atoms with Gasteiger partial charge in [-0.3, -0.25) is 4.79 Å². The lowest BCUT2D eigenvalue weighted by Gasteiger charge is -2.01. The zero-order chi connectivity index (χ0) is 14.9. The van der Waals surface area contributed by atoms with Gasteiger partial charge in [0.2, 0.25) is 5.12 Å². The number of nitrogens with one attached hydrogen (secondary N) is 1. The smallest absolute Gasteiger partial charge is 0.227 e. The highest BCUT2D eigenvalue weighted by molar-refractivity contribution is 8.14. The number of benzene rings is 3. The summed E-state index contributed by atoms with van der Waals surface area (Å²) in [5.41, 5.74) is 2.50. The summed E-state index contributed by atoms with van der Waals surface area (Å²) in [6, 6.07) is 21.5. The van der Waals surface area contributed by atoms with Crippen molar-refractivity contribution in [2.45, 2.75) is 5.16 Å². The molecule has 4 rings (SSSR count). The summed E-state index contributed by atoms with van der Waals surface area (Å²) in [5, 5.41) is 2.82. The highest BCUT2D eigenvalue weighted by Gasteiger charge is 2.12. The molecule has 1 N–H and O–H groups in total. The van der Waals surface area contributed by atoms with Gasteiger partial charge in [0.05, 0.1) is 11.0 Å². The van der Waals surface area contributed by atoms with E-state index in [2.05, 4.69) is 9.97 Å². The van der Waals surface area contributed by atoms with E-state index >= 15 is 0 Å². The Kier molecular flexibility index (Phi) is 3.16. The van der Waals surface area contributed by atoms with Crippen LogP contribution in [0.3, 0.4) is 0 Å². The van der Waals surface area contributed by atoms with Crippen LogP contribution in [0.15, 0.2) is 71.9 Å². The van der Waals surface area contributed by atoms with Crippen molar-refractivity contribution in [3.63, 3.8) is 0 Å². The molecule has 0 amide bonds. The van der Waals surface area contributed by atoms with E-state index in [4.69, 9.17) is 0 Å². The molecule has 0 saturated heterocycles. The van der Waals surface area contributed by atoms with Crippen molar-refractivity contribution >= 4 is 38.7 Å². The SMILES string of the molecule is O=C(Sc1nc2ccccc2[nH]1)c1ccc2ccccc2c1. The molecule has 0 aliphatic rings. The predicted molar refractivity (Wildman–Crippen MR) is 90.2 cm³/mol. The highest BCUT2D eigenvalue weighted by atomic mass is 32.2. The number of para-hydroxylation sites is 2. The molecule has 4 aromatic rings. The van der Waals surface area contributed by atoms with Gasteiger partial charge in [-0.2, -0.15) is 0 Å². The van der Waals surface area contributed by atoms with Gasteiger partial charge in [0.15, 0.2) is 5.16 Å². The fourth-order valence-electron chi connectivity index (χ4n) is 2.44. The van der Waals surface area contributed by atoms with Crippen molar-refractivity contribution in [3.05, 3.63) is 72.3 Å². The van der Waals surface area contributed by atoms with Crippen LogP contribution < -0.4 is 0 Å². The summed E-state index contributed by atoms with van der Waals surface area (Å²) < 4.78 is 0. The molecule has 4 heteroatoms. The number of hydrogen-bond donors (Lipinski definition) is 1. The van der Waals surface area contributed by atoms with Crippen LogP contribution in [0.4, 0.5) is 0 Å². The number of aromatic amines is 1. The fraction of sp³-hybridized carbons (Fsp3) is 0. The maximum absolute atomic E-state index is 12.4. The van der Waals surface area contributed by atoms with E-state index in [-0.39, 0.29) is 5.12 Å². The molecule has 0 aliphatic carbocycles. The second-order valence-corrected chi connectivity index (χ2v) is 5.97. The minimum atomic E-state index is -0.00944. The number of hydrogen-bond acceptors (Lipinski definition) is 3. The van der Waals surface area contributed by atoms with Gasteiger partial charge in [0.25, 0.3) is 0 Å². The summed E-state index contributed by atoms with van der Waals surface area (Å²) in [6.45, 7) is 0. The van der Waals surface area contributed by atoms with Gasteiger partial charge in [-0.05, 0) is 46.8 Å². The molecule has 0 spiro atoms. The number of aromatic nitrogens is 2. The Hall–Kier alpha value is -2.59. The van der Waals surface area contributed by atoms with Gasteiger partial charge in [-0.1, -0.05) is 42.5 Å². The number of imidazole rings is 1. The van der Waals surface area contributed by atoms with Gasteiger partial charge < -0.3 is 4.98 Å². The van der Waals surface area contributed by atoms with E-state index in [1.54, 1.807) is 0 Å². The Balaban J connectivity index is 1.65. The summed E-state index contributed by atoms with van der Waals surface area (Å²) >= 11 is 1.13. The van der Waals surface area contributed by atoms with Gasteiger partial charge in [0.1, 0.15) is 0 Å². The Morgan fingerprint density at radius 3 is 2.55 bits per heavy atom. The summed E-state index contributed by atoms with van der Waals surface area (Å²) in [5.74, 6) is 0. The van der Waals surface area contributed by atoms with Crippen LogP contribution >= 0.6 is 11.8 Å². The molecule has 0 atom stereocenters. The summed E-state index contributed by atoms with van der Waals surface area (Å²) in [7, 11) is 0. The number of nitrogens with zero attached hydrogens (tertiary/aromatic N) is 1. The van der Waals surface area contributed by atoms with E-state index in [0.717, 1.165) is 33.6 Å². The molecular formula is C18H12N2OS. The number of carbonyl (C=O) groups excluding carboxylic acids is 1. The van der Waals surface area contributed by atoms with E-state index in [0.29, 0.717) is 10.7 Å². The standard InChI is InChI=1S/C18H12N2OS/c21-17(14-10-9-12-5-1-2-6-13(12)11-14)22-18-19-15-7-3-4-8-16(15)20-18/h1-11H,(H,19,20). The van der Waals surface area contributed by atoms with Crippen molar-refractivity contribution in [2.75, 3.05) is 0 Å². The molecule has 1 heterocycles. The van der Waals surface area contributed by atoms with Crippen LogP contribution in [0.2, 0.25) is 0 Å². The zero-order valence-corrected chi connectivity index (χ0v) is 12.4. The Labute approximate surface area is 131 Å². The van der Waals surface area contributed by atoms with Crippen LogP contribution in [0.1, 0.15) is 10.4 Å². The molecule has 1 aromatic heterocycles.